The predicted octanol–water partition coefficient (Wildman–Crippen LogP) is -0.121. The monoisotopic (exact) mass is 168 g/mol. The number of esters is 1. The van der Waals surface area contributed by atoms with E-state index >= 15 is 0 Å². The van der Waals surface area contributed by atoms with E-state index in [4.69, 9.17) is 10.5 Å². The third-order valence-electron chi connectivity index (χ3n) is 1.53. The molecule has 0 saturated heterocycles. The van der Waals surface area contributed by atoms with Gasteiger partial charge in [-0.25, -0.2) is 4.79 Å². The molecule has 0 aromatic carbocycles. The van der Waals surface area contributed by atoms with Crippen LogP contribution in [0.1, 0.15) is 6.92 Å². The quantitative estimate of drug-likeness (QED) is 0.564. The molecule has 0 bridgehead atoms. The van der Waals surface area contributed by atoms with Crippen LogP contribution in [0.4, 0.5) is 0 Å². The van der Waals surface area contributed by atoms with Crippen molar-refractivity contribution in [1.29, 1.82) is 0 Å². The van der Waals surface area contributed by atoms with Gasteiger partial charge in [0.05, 0.1) is 12.2 Å². The molecular weight excluding hydrogens is 156 g/mol. The summed E-state index contributed by atoms with van der Waals surface area (Å²) in [5, 5.41) is 2.89. The number of hydrogen-bond donors (Lipinski definition) is 2. The molecule has 0 spiro atoms. The average molecular weight is 168 g/mol. The predicted molar refractivity (Wildman–Crippen MR) is 45.0 cm³/mol. The molecule has 66 valence electrons. The number of allylic oxidation sites excluding steroid dienone is 1. The Morgan fingerprint density at radius 1 is 1.83 bits per heavy atom. The summed E-state index contributed by atoms with van der Waals surface area (Å²) in [4.78, 5) is 11.2. The van der Waals surface area contributed by atoms with E-state index in [1.807, 2.05) is 0 Å². The van der Waals surface area contributed by atoms with Gasteiger partial charge in [-0.05, 0) is 19.2 Å². The summed E-state index contributed by atoms with van der Waals surface area (Å²) >= 11 is 0. The highest BCUT2D eigenvalue weighted by Gasteiger charge is 2.14. The Kier molecular flexibility index (Phi) is 2.74. The summed E-state index contributed by atoms with van der Waals surface area (Å²) in [5.74, 6) is -0.341. The molecule has 0 aromatic rings. The van der Waals surface area contributed by atoms with E-state index in [1.54, 1.807) is 19.2 Å². The minimum absolute atomic E-state index is 0.341. The van der Waals surface area contributed by atoms with Gasteiger partial charge in [-0.1, -0.05) is 0 Å². The smallest absolute Gasteiger partial charge is 0.337 e. The molecule has 1 aliphatic heterocycles. The van der Waals surface area contributed by atoms with Crippen LogP contribution in [0.25, 0.3) is 0 Å². The van der Waals surface area contributed by atoms with Crippen LogP contribution in [-0.4, -0.2) is 19.1 Å². The van der Waals surface area contributed by atoms with Crippen molar-refractivity contribution in [3.8, 4) is 0 Å². The van der Waals surface area contributed by atoms with Gasteiger partial charge in [-0.2, -0.15) is 0 Å². The van der Waals surface area contributed by atoms with Gasteiger partial charge in [-0.3, -0.25) is 0 Å². The van der Waals surface area contributed by atoms with Crippen LogP contribution >= 0.6 is 0 Å². The molecule has 0 unspecified atom stereocenters. The Balaban J connectivity index is 2.71. The molecule has 0 saturated carbocycles. The largest absolute Gasteiger partial charge is 0.463 e. The molecule has 0 amide bonds. The number of nitrogens with two attached hydrogens (primary N) is 1. The molecule has 0 atom stereocenters. The fraction of sp³-hybridized carbons (Fsp3) is 0.375. The number of hydrogen-bond acceptors (Lipinski definition) is 4. The topological polar surface area (TPSA) is 64.3 Å². The molecule has 1 heterocycles. The maximum absolute atomic E-state index is 11.2. The molecule has 4 heteroatoms. The third-order valence-corrected chi connectivity index (χ3v) is 1.53. The fourth-order valence-electron chi connectivity index (χ4n) is 0.921. The van der Waals surface area contributed by atoms with Gasteiger partial charge in [0, 0.05) is 12.2 Å². The Morgan fingerprint density at radius 2 is 2.58 bits per heavy atom. The summed E-state index contributed by atoms with van der Waals surface area (Å²) in [6.45, 7) is 2.58. The number of carbonyl (C=O) groups excluding carboxylic acids is 1. The average Bonchev–Trinajstić information content (AvgIpc) is 2.05. The van der Waals surface area contributed by atoms with Crippen molar-refractivity contribution in [3.05, 3.63) is 23.5 Å². The molecule has 0 aliphatic carbocycles. The maximum Gasteiger partial charge on any atom is 0.337 e. The lowest BCUT2D eigenvalue weighted by Gasteiger charge is -2.12. The van der Waals surface area contributed by atoms with E-state index < -0.39 is 0 Å². The fourth-order valence-corrected chi connectivity index (χ4v) is 0.921. The van der Waals surface area contributed by atoms with Gasteiger partial charge in [0.25, 0.3) is 0 Å². The van der Waals surface area contributed by atoms with Crippen molar-refractivity contribution in [2.24, 2.45) is 5.73 Å². The number of rotatable bonds is 2. The van der Waals surface area contributed by atoms with Crippen LogP contribution in [0.5, 0.6) is 0 Å². The van der Waals surface area contributed by atoms with E-state index in [1.165, 1.54) is 0 Å². The second-order valence-electron chi connectivity index (χ2n) is 2.37. The molecule has 1 rings (SSSR count). The summed E-state index contributed by atoms with van der Waals surface area (Å²) in [5.41, 5.74) is 6.54. The summed E-state index contributed by atoms with van der Waals surface area (Å²) < 4.78 is 4.80. The van der Waals surface area contributed by atoms with Gasteiger partial charge in [0.15, 0.2) is 0 Å². The second-order valence-corrected chi connectivity index (χ2v) is 2.37. The highest BCUT2D eigenvalue weighted by Crippen LogP contribution is 2.05. The lowest BCUT2D eigenvalue weighted by Crippen LogP contribution is -2.25. The van der Waals surface area contributed by atoms with Gasteiger partial charge < -0.3 is 15.8 Å². The molecule has 1 aliphatic rings. The normalized spacial score (nSPS) is 15.8. The Morgan fingerprint density at radius 3 is 3.17 bits per heavy atom. The zero-order valence-electron chi connectivity index (χ0n) is 6.96. The summed E-state index contributed by atoms with van der Waals surface area (Å²) in [6.07, 6.45) is 3.35. The van der Waals surface area contributed by atoms with Gasteiger partial charge in [-0.15, -0.1) is 0 Å². The summed E-state index contributed by atoms with van der Waals surface area (Å²) in [7, 11) is 0. The van der Waals surface area contributed by atoms with Crippen LogP contribution in [0.3, 0.4) is 0 Å². The highest BCUT2D eigenvalue weighted by atomic mass is 16.5. The van der Waals surface area contributed by atoms with Gasteiger partial charge in [0.2, 0.25) is 0 Å². The maximum atomic E-state index is 11.2. The molecule has 12 heavy (non-hydrogen) atoms. The van der Waals surface area contributed by atoms with Gasteiger partial charge >= 0.3 is 5.97 Å². The van der Waals surface area contributed by atoms with Crippen LogP contribution in [0, 0.1) is 0 Å². The van der Waals surface area contributed by atoms with Crippen molar-refractivity contribution < 1.29 is 9.53 Å². The van der Waals surface area contributed by atoms with Crippen molar-refractivity contribution in [3.63, 3.8) is 0 Å². The molecule has 0 fully saturated rings. The number of nitrogens with one attached hydrogen (secondary N) is 1. The van der Waals surface area contributed by atoms with E-state index in [0.717, 1.165) is 0 Å². The van der Waals surface area contributed by atoms with Crippen LogP contribution in [0.15, 0.2) is 23.5 Å². The Hall–Kier alpha value is -1.45. The first-order valence-electron chi connectivity index (χ1n) is 3.81. The molecule has 4 nitrogen and oxygen atoms in total. The van der Waals surface area contributed by atoms with E-state index in [0.29, 0.717) is 24.4 Å². The SMILES string of the molecule is CCOC(=O)C1=C(N)C=CNC1. The Bertz CT molecular complexity index is 243. The van der Waals surface area contributed by atoms with E-state index in [9.17, 15) is 4.79 Å². The first-order chi connectivity index (χ1) is 5.75. The molecule has 0 radical (unpaired) electrons. The number of ether oxygens (including phenoxy) is 1. The van der Waals surface area contributed by atoms with Crippen molar-refractivity contribution >= 4 is 5.97 Å². The zero-order chi connectivity index (χ0) is 8.97. The molecular formula is C8H12N2O2. The third kappa shape index (κ3) is 1.78. The lowest BCUT2D eigenvalue weighted by atomic mass is 10.1. The van der Waals surface area contributed by atoms with Crippen LogP contribution in [-0.2, 0) is 9.53 Å². The summed E-state index contributed by atoms with van der Waals surface area (Å²) in [6, 6.07) is 0. The first kappa shape index (κ1) is 8.64. The second kappa shape index (κ2) is 3.80. The molecule has 3 N–H and O–H groups in total. The number of dihydropyridines is 1. The minimum atomic E-state index is -0.341. The number of carbonyl (C=O) groups is 1. The van der Waals surface area contributed by atoms with Gasteiger partial charge in [0.1, 0.15) is 0 Å². The molecule has 0 aromatic heterocycles. The van der Waals surface area contributed by atoms with Crippen LogP contribution < -0.4 is 11.1 Å². The standard InChI is InChI=1S/C8H12N2O2/c1-2-12-8(11)6-5-10-4-3-7(6)9/h3-4,10H,2,5,9H2,1H3. The van der Waals surface area contributed by atoms with Crippen molar-refractivity contribution in [1.82, 2.24) is 5.32 Å². The highest BCUT2D eigenvalue weighted by molar-refractivity contribution is 5.90. The lowest BCUT2D eigenvalue weighted by molar-refractivity contribution is -0.138. The van der Waals surface area contributed by atoms with Crippen molar-refractivity contribution in [2.75, 3.05) is 13.2 Å². The van der Waals surface area contributed by atoms with E-state index in [2.05, 4.69) is 5.32 Å². The zero-order valence-corrected chi connectivity index (χ0v) is 6.96. The van der Waals surface area contributed by atoms with E-state index in [-0.39, 0.29) is 5.97 Å². The minimum Gasteiger partial charge on any atom is -0.463 e. The Labute approximate surface area is 71.1 Å². The first-order valence-corrected chi connectivity index (χ1v) is 3.81. The van der Waals surface area contributed by atoms with Crippen molar-refractivity contribution in [2.45, 2.75) is 6.92 Å². The van der Waals surface area contributed by atoms with Crippen LogP contribution in [0.2, 0.25) is 0 Å².